The summed E-state index contributed by atoms with van der Waals surface area (Å²) >= 11 is 5.33. The molecule has 0 spiro atoms. The van der Waals surface area contributed by atoms with Gasteiger partial charge in [0, 0.05) is 40.6 Å². The van der Waals surface area contributed by atoms with Crippen LogP contribution in [0.5, 0.6) is 0 Å². The lowest BCUT2D eigenvalue weighted by atomic mass is 10.0. The topological polar surface area (TPSA) is 77.9 Å². The summed E-state index contributed by atoms with van der Waals surface area (Å²) in [5.74, 6) is -0.107. The second kappa shape index (κ2) is 9.29. The third-order valence-corrected chi connectivity index (χ3v) is 7.48. The van der Waals surface area contributed by atoms with Crippen LogP contribution in [0, 0.1) is 0 Å². The fourth-order valence-electron chi connectivity index (χ4n) is 4.44. The quantitative estimate of drug-likeness (QED) is 0.449. The van der Waals surface area contributed by atoms with E-state index in [1.54, 1.807) is 11.8 Å². The Kier molecular flexibility index (Phi) is 6.26. The lowest BCUT2D eigenvalue weighted by Gasteiger charge is -2.36. The van der Waals surface area contributed by atoms with Crippen LogP contribution < -0.4 is 4.90 Å². The number of benzene rings is 2. The molecule has 6 nitrogen and oxygen atoms in total. The standard InChI is InChI=1S/C24H24BrN3O3S/c25-16-10-15-11-20(24-26-17(14-32-24)13-22(29)30)27-23(15)21(12-16)28(18-4-2-1-3-5-18)19-6-8-31-9-7-19/h1-5,10-12,17,19,27H,6-9,13-14H2,(H,29,30)/t17-/m1/s1. The number of nitrogens with one attached hydrogen (secondary N) is 1. The van der Waals surface area contributed by atoms with E-state index in [4.69, 9.17) is 9.84 Å². The second-order valence-electron chi connectivity index (χ2n) is 8.12. The van der Waals surface area contributed by atoms with Gasteiger partial charge in [-0.2, -0.15) is 0 Å². The molecule has 0 aliphatic carbocycles. The van der Waals surface area contributed by atoms with Crippen molar-refractivity contribution in [1.29, 1.82) is 0 Å². The fraction of sp³-hybridized carbons (Fsp3) is 0.333. The van der Waals surface area contributed by atoms with Gasteiger partial charge in [-0.3, -0.25) is 9.79 Å². The van der Waals surface area contributed by atoms with Crippen molar-refractivity contribution < 1.29 is 14.6 Å². The third-order valence-electron chi connectivity index (χ3n) is 5.88. The Bertz CT molecular complexity index is 1160. The van der Waals surface area contributed by atoms with Crippen LogP contribution >= 0.6 is 27.7 Å². The fourth-order valence-corrected chi connectivity index (χ4v) is 5.94. The van der Waals surface area contributed by atoms with Gasteiger partial charge in [0.25, 0.3) is 0 Å². The van der Waals surface area contributed by atoms with Crippen LogP contribution in [0.25, 0.3) is 10.9 Å². The molecule has 1 saturated heterocycles. The van der Waals surface area contributed by atoms with Gasteiger partial charge in [0.15, 0.2) is 0 Å². The van der Waals surface area contributed by atoms with Crippen LogP contribution in [0.15, 0.2) is 58.0 Å². The van der Waals surface area contributed by atoms with Gasteiger partial charge < -0.3 is 19.7 Å². The van der Waals surface area contributed by atoms with E-state index in [2.05, 4.69) is 73.3 Å². The van der Waals surface area contributed by atoms with E-state index >= 15 is 0 Å². The monoisotopic (exact) mass is 513 g/mol. The minimum Gasteiger partial charge on any atom is -0.481 e. The number of hydrogen-bond acceptors (Lipinski definition) is 5. The van der Waals surface area contributed by atoms with Crippen LogP contribution in [0.3, 0.4) is 0 Å². The third kappa shape index (κ3) is 4.44. The van der Waals surface area contributed by atoms with Crippen LogP contribution in [0.1, 0.15) is 25.0 Å². The van der Waals surface area contributed by atoms with Gasteiger partial charge >= 0.3 is 5.97 Å². The lowest BCUT2D eigenvalue weighted by molar-refractivity contribution is -0.137. The number of carboxylic acid groups (broad SMARTS) is 1. The zero-order valence-electron chi connectivity index (χ0n) is 17.5. The highest BCUT2D eigenvalue weighted by Gasteiger charge is 2.27. The van der Waals surface area contributed by atoms with Gasteiger partial charge in [0.05, 0.1) is 29.4 Å². The normalized spacial score (nSPS) is 19.3. The Morgan fingerprint density at radius 1 is 1.22 bits per heavy atom. The molecule has 0 unspecified atom stereocenters. The van der Waals surface area contributed by atoms with Crippen molar-refractivity contribution in [3.8, 4) is 0 Å². The molecule has 166 valence electrons. The van der Waals surface area contributed by atoms with Gasteiger partial charge in [0.2, 0.25) is 0 Å². The molecule has 2 N–H and O–H groups in total. The molecule has 0 radical (unpaired) electrons. The molecule has 1 fully saturated rings. The Morgan fingerprint density at radius 3 is 2.75 bits per heavy atom. The van der Waals surface area contributed by atoms with Crippen LogP contribution in [0.2, 0.25) is 0 Å². The van der Waals surface area contributed by atoms with E-state index in [1.165, 1.54) is 0 Å². The minimum absolute atomic E-state index is 0.0685. The summed E-state index contributed by atoms with van der Waals surface area (Å²) in [7, 11) is 0. The number of fused-ring (bicyclic) bond motifs is 1. The molecule has 0 saturated carbocycles. The first-order valence-corrected chi connectivity index (χ1v) is 12.5. The van der Waals surface area contributed by atoms with Crippen molar-refractivity contribution in [2.24, 2.45) is 4.99 Å². The van der Waals surface area contributed by atoms with Gasteiger partial charge in [0.1, 0.15) is 5.04 Å². The van der Waals surface area contributed by atoms with Crippen molar-refractivity contribution in [2.45, 2.75) is 31.3 Å². The second-order valence-corrected chi connectivity index (χ2v) is 10.0. The van der Waals surface area contributed by atoms with Crippen LogP contribution in [0.4, 0.5) is 11.4 Å². The summed E-state index contributed by atoms with van der Waals surface area (Å²) in [4.78, 5) is 21.8. The van der Waals surface area contributed by atoms with Crippen molar-refractivity contribution >= 4 is 61.0 Å². The van der Waals surface area contributed by atoms with E-state index in [0.717, 1.165) is 63.5 Å². The number of hydrogen-bond donors (Lipinski definition) is 2. The van der Waals surface area contributed by atoms with Gasteiger partial charge in [-0.05, 0) is 43.2 Å². The number of nitrogens with zero attached hydrogens (tertiary/aromatic N) is 2. The first kappa shape index (κ1) is 21.6. The first-order valence-electron chi connectivity index (χ1n) is 10.8. The number of ether oxygens (including phenoxy) is 1. The van der Waals surface area contributed by atoms with Crippen LogP contribution in [-0.4, -0.2) is 52.2 Å². The average Bonchev–Trinajstić information content (AvgIpc) is 3.42. The molecule has 2 aliphatic heterocycles. The molecule has 1 atom stereocenters. The Labute approximate surface area is 199 Å². The molecule has 3 aromatic rings. The van der Waals surface area contributed by atoms with Crippen LogP contribution in [-0.2, 0) is 9.53 Å². The molecule has 0 amide bonds. The number of aliphatic carboxylic acids is 1. The summed E-state index contributed by atoms with van der Waals surface area (Å²) in [5.41, 5.74) is 4.27. The van der Waals surface area contributed by atoms with Crippen molar-refractivity contribution in [1.82, 2.24) is 4.98 Å². The number of anilines is 2. The Morgan fingerprint density at radius 2 is 2.00 bits per heavy atom. The number of halogens is 1. The van der Waals surface area contributed by atoms with Crippen molar-refractivity contribution in [3.63, 3.8) is 0 Å². The summed E-state index contributed by atoms with van der Waals surface area (Å²) in [6.07, 6.45) is 2.00. The predicted octanol–water partition coefficient (Wildman–Crippen LogP) is 5.58. The zero-order chi connectivity index (χ0) is 22.1. The molecule has 32 heavy (non-hydrogen) atoms. The predicted molar refractivity (Wildman–Crippen MR) is 133 cm³/mol. The molecule has 0 bridgehead atoms. The summed E-state index contributed by atoms with van der Waals surface area (Å²) in [5, 5.41) is 11.1. The number of thioether (sulfide) groups is 1. The molecular weight excluding hydrogens is 490 g/mol. The number of aromatic amines is 1. The number of H-pyrrole nitrogens is 1. The Hall–Kier alpha value is -2.29. The van der Waals surface area contributed by atoms with Crippen molar-refractivity contribution in [3.05, 3.63) is 58.7 Å². The Balaban J connectivity index is 1.59. The molecule has 1 aromatic heterocycles. The molecule has 2 aliphatic rings. The summed E-state index contributed by atoms with van der Waals surface area (Å²) in [6.45, 7) is 1.53. The smallest absolute Gasteiger partial charge is 0.305 e. The van der Waals surface area contributed by atoms with E-state index in [-0.39, 0.29) is 12.5 Å². The number of carbonyl (C=O) groups is 1. The van der Waals surface area contributed by atoms with Gasteiger partial charge in [-0.1, -0.05) is 34.1 Å². The summed E-state index contributed by atoms with van der Waals surface area (Å²) < 4.78 is 6.65. The largest absolute Gasteiger partial charge is 0.481 e. The van der Waals surface area contributed by atoms with E-state index in [0.29, 0.717) is 11.8 Å². The molecule has 2 aromatic carbocycles. The number of carboxylic acids is 1. The highest BCUT2D eigenvalue weighted by molar-refractivity contribution is 9.10. The highest BCUT2D eigenvalue weighted by Crippen LogP contribution is 2.39. The zero-order valence-corrected chi connectivity index (χ0v) is 19.9. The van der Waals surface area contributed by atoms with E-state index in [1.807, 2.05) is 6.07 Å². The first-order chi connectivity index (χ1) is 15.6. The summed E-state index contributed by atoms with van der Waals surface area (Å²) in [6, 6.07) is 17.1. The maximum atomic E-state index is 11.1. The number of aromatic nitrogens is 1. The molecule has 8 heteroatoms. The van der Waals surface area contributed by atoms with Crippen molar-refractivity contribution in [2.75, 3.05) is 23.9 Å². The van der Waals surface area contributed by atoms with Gasteiger partial charge in [-0.25, -0.2) is 0 Å². The molecular formula is C24H24BrN3O3S. The highest BCUT2D eigenvalue weighted by atomic mass is 79.9. The van der Waals surface area contributed by atoms with E-state index < -0.39 is 5.97 Å². The lowest BCUT2D eigenvalue weighted by Crippen LogP contribution is -2.36. The number of aliphatic imine (C=N–C) groups is 1. The minimum atomic E-state index is -0.807. The maximum Gasteiger partial charge on any atom is 0.305 e. The average molecular weight is 514 g/mol. The number of para-hydroxylation sites is 1. The number of rotatable bonds is 6. The molecule has 3 heterocycles. The van der Waals surface area contributed by atoms with Gasteiger partial charge in [-0.15, -0.1) is 11.8 Å². The maximum absolute atomic E-state index is 11.1. The SMILES string of the molecule is O=C(O)C[C@@H]1CSC(c2cc3cc(Br)cc(N(c4ccccc4)C4CCOCC4)c3[nH]2)=N1. The van der Waals surface area contributed by atoms with E-state index in [9.17, 15) is 4.79 Å². The molecule has 5 rings (SSSR count).